The molecule has 2 rings (SSSR count). The van der Waals surface area contributed by atoms with Gasteiger partial charge in [-0.05, 0) is 6.42 Å². The van der Waals surface area contributed by atoms with Crippen molar-refractivity contribution in [2.24, 2.45) is 11.8 Å². The number of carboxylic acids is 1. The molecule has 1 N–H and O–H groups in total. The molecule has 1 aliphatic rings. The van der Waals surface area contributed by atoms with E-state index >= 15 is 0 Å². The van der Waals surface area contributed by atoms with Crippen LogP contribution in [0.2, 0.25) is 0 Å². The highest BCUT2D eigenvalue weighted by Crippen LogP contribution is 2.40. The number of Topliss-reactive ketones (excluding diaryl/α,β-unsaturated/α-hetero) is 1. The van der Waals surface area contributed by atoms with E-state index in [9.17, 15) is 9.59 Å². The molecule has 3 heteroatoms. The van der Waals surface area contributed by atoms with E-state index in [4.69, 9.17) is 5.11 Å². The van der Waals surface area contributed by atoms with Crippen molar-refractivity contribution in [1.82, 2.24) is 0 Å². The van der Waals surface area contributed by atoms with Gasteiger partial charge >= 0.3 is 5.97 Å². The van der Waals surface area contributed by atoms with E-state index in [2.05, 4.69) is 0 Å². The number of rotatable bonds is 3. The minimum atomic E-state index is -0.862. The number of hydrogen-bond acceptors (Lipinski definition) is 2. The lowest BCUT2D eigenvalue weighted by Gasteiger charge is -1.97. The van der Waals surface area contributed by atoms with Gasteiger partial charge in [-0.1, -0.05) is 30.3 Å². The third kappa shape index (κ3) is 1.53. The number of benzene rings is 1. The van der Waals surface area contributed by atoms with Crippen molar-refractivity contribution in [2.75, 3.05) is 0 Å². The van der Waals surface area contributed by atoms with Crippen molar-refractivity contribution in [1.29, 1.82) is 0 Å². The summed E-state index contributed by atoms with van der Waals surface area (Å²) >= 11 is 0. The molecule has 1 aromatic carbocycles. The van der Waals surface area contributed by atoms with Crippen molar-refractivity contribution in [3.05, 3.63) is 35.9 Å². The molecule has 14 heavy (non-hydrogen) atoms. The Balaban J connectivity index is 2.09. The summed E-state index contributed by atoms with van der Waals surface area (Å²) in [6.45, 7) is 0. The molecule has 0 amide bonds. The minimum absolute atomic E-state index is 0.0435. The van der Waals surface area contributed by atoms with Crippen molar-refractivity contribution in [2.45, 2.75) is 6.42 Å². The van der Waals surface area contributed by atoms with Gasteiger partial charge in [0.05, 0.1) is 5.92 Å². The maximum Gasteiger partial charge on any atom is 0.307 e. The third-order valence-electron chi connectivity index (χ3n) is 2.50. The van der Waals surface area contributed by atoms with Crippen LogP contribution in [0.25, 0.3) is 0 Å². The van der Waals surface area contributed by atoms with Crippen LogP contribution < -0.4 is 0 Å². The fraction of sp³-hybridized carbons (Fsp3) is 0.273. The molecule has 2 unspecified atom stereocenters. The molecule has 0 bridgehead atoms. The number of ketones is 1. The largest absolute Gasteiger partial charge is 0.481 e. The Hall–Kier alpha value is -1.64. The van der Waals surface area contributed by atoms with E-state index in [1.165, 1.54) is 0 Å². The molecular weight excluding hydrogens is 180 g/mol. The number of aliphatic carboxylic acids is 1. The van der Waals surface area contributed by atoms with Gasteiger partial charge in [0.25, 0.3) is 0 Å². The van der Waals surface area contributed by atoms with Gasteiger partial charge in [0.1, 0.15) is 0 Å². The average molecular weight is 190 g/mol. The van der Waals surface area contributed by atoms with Gasteiger partial charge < -0.3 is 5.11 Å². The molecule has 1 aliphatic carbocycles. The monoisotopic (exact) mass is 190 g/mol. The Morgan fingerprint density at radius 2 is 1.79 bits per heavy atom. The summed E-state index contributed by atoms with van der Waals surface area (Å²) in [4.78, 5) is 22.2. The normalized spacial score (nSPS) is 24.3. The van der Waals surface area contributed by atoms with Gasteiger partial charge in [0, 0.05) is 11.5 Å². The molecule has 2 atom stereocenters. The lowest BCUT2D eigenvalue weighted by molar-refractivity contribution is -0.138. The van der Waals surface area contributed by atoms with Crippen LogP contribution in [0.5, 0.6) is 0 Å². The van der Waals surface area contributed by atoms with Gasteiger partial charge in [-0.3, -0.25) is 9.59 Å². The summed E-state index contributed by atoms with van der Waals surface area (Å²) in [6, 6.07) is 8.84. The molecule has 1 fully saturated rings. The molecule has 1 aromatic rings. The second-order valence-corrected chi connectivity index (χ2v) is 3.52. The zero-order chi connectivity index (χ0) is 10.1. The van der Waals surface area contributed by atoms with Crippen molar-refractivity contribution in [3.8, 4) is 0 Å². The van der Waals surface area contributed by atoms with Crippen LogP contribution in [0.15, 0.2) is 30.3 Å². The molecule has 0 heterocycles. The number of carbonyl (C=O) groups is 2. The second-order valence-electron chi connectivity index (χ2n) is 3.52. The molecule has 0 aliphatic heterocycles. The quantitative estimate of drug-likeness (QED) is 0.736. The van der Waals surface area contributed by atoms with Crippen molar-refractivity contribution >= 4 is 11.8 Å². The number of carboxylic acid groups (broad SMARTS) is 1. The summed E-state index contributed by atoms with van der Waals surface area (Å²) in [5, 5.41) is 8.67. The maximum absolute atomic E-state index is 11.7. The van der Waals surface area contributed by atoms with E-state index in [1.807, 2.05) is 6.07 Å². The van der Waals surface area contributed by atoms with E-state index in [-0.39, 0.29) is 11.7 Å². The Morgan fingerprint density at radius 3 is 2.29 bits per heavy atom. The van der Waals surface area contributed by atoms with Crippen LogP contribution >= 0.6 is 0 Å². The van der Waals surface area contributed by atoms with Crippen molar-refractivity contribution in [3.63, 3.8) is 0 Å². The molecule has 0 aromatic heterocycles. The molecule has 0 saturated heterocycles. The third-order valence-corrected chi connectivity index (χ3v) is 2.50. The molecule has 0 spiro atoms. The van der Waals surface area contributed by atoms with E-state index < -0.39 is 11.9 Å². The van der Waals surface area contributed by atoms with Crippen molar-refractivity contribution < 1.29 is 14.7 Å². The van der Waals surface area contributed by atoms with E-state index in [1.54, 1.807) is 24.3 Å². The average Bonchev–Trinajstić information content (AvgIpc) is 2.97. The maximum atomic E-state index is 11.7. The molecule has 3 nitrogen and oxygen atoms in total. The molecule has 72 valence electrons. The van der Waals surface area contributed by atoms with Gasteiger partial charge in [-0.2, -0.15) is 0 Å². The predicted octanol–water partition coefficient (Wildman–Crippen LogP) is 1.59. The fourth-order valence-electron chi connectivity index (χ4n) is 1.57. The van der Waals surface area contributed by atoms with E-state index in [0.717, 1.165) is 0 Å². The molecule has 1 saturated carbocycles. The minimum Gasteiger partial charge on any atom is -0.481 e. The van der Waals surface area contributed by atoms with Gasteiger partial charge in [-0.25, -0.2) is 0 Å². The van der Waals surface area contributed by atoms with Gasteiger partial charge in [0.2, 0.25) is 0 Å². The standard InChI is InChI=1S/C11H10O3/c12-10(7-4-2-1-3-5-7)8-6-9(8)11(13)14/h1-5,8-9H,6H2,(H,13,14). The number of carbonyl (C=O) groups excluding carboxylic acids is 1. The smallest absolute Gasteiger partial charge is 0.307 e. The predicted molar refractivity (Wildman–Crippen MR) is 50.0 cm³/mol. The highest BCUT2D eigenvalue weighted by atomic mass is 16.4. The first-order valence-electron chi connectivity index (χ1n) is 4.52. The summed E-state index contributed by atoms with van der Waals surface area (Å²) in [5.41, 5.74) is 0.612. The zero-order valence-electron chi connectivity index (χ0n) is 7.51. The fourth-order valence-corrected chi connectivity index (χ4v) is 1.57. The van der Waals surface area contributed by atoms with Crippen LogP contribution in [-0.2, 0) is 4.79 Å². The Morgan fingerprint density at radius 1 is 1.14 bits per heavy atom. The van der Waals surface area contributed by atoms with Crippen LogP contribution in [-0.4, -0.2) is 16.9 Å². The van der Waals surface area contributed by atoms with Crippen LogP contribution in [0.1, 0.15) is 16.8 Å². The topological polar surface area (TPSA) is 54.4 Å². The summed E-state index contributed by atoms with van der Waals surface area (Å²) in [7, 11) is 0. The van der Waals surface area contributed by atoms with Crippen LogP contribution in [0.3, 0.4) is 0 Å². The summed E-state index contributed by atoms with van der Waals surface area (Å²) in [6.07, 6.45) is 0.489. The second kappa shape index (κ2) is 3.25. The van der Waals surface area contributed by atoms with Crippen LogP contribution in [0, 0.1) is 11.8 Å². The highest BCUT2D eigenvalue weighted by molar-refractivity contribution is 6.02. The number of hydrogen-bond donors (Lipinski definition) is 1. The zero-order valence-corrected chi connectivity index (χ0v) is 7.51. The summed E-state index contributed by atoms with van der Waals surface area (Å²) in [5.74, 6) is -1.66. The lowest BCUT2D eigenvalue weighted by Crippen LogP contribution is -2.07. The Labute approximate surface area is 81.4 Å². The SMILES string of the molecule is O=C(O)C1CC1C(=O)c1ccccc1. The Kier molecular flexibility index (Phi) is 2.08. The first-order valence-corrected chi connectivity index (χ1v) is 4.52. The molecular formula is C11H10O3. The van der Waals surface area contributed by atoms with Gasteiger partial charge in [0.15, 0.2) is 5.78 Å². The highest BCUT2D eigenvalue weighted by Gasteiger charge is 2.48. The van der Waals surface area contributed by atoms with Crippen LogP contribution in [0.4, 0.5) is 0 Å². The lowest BCUT2D eigenvalue weighted by atomic mass is 10.1. The van der Waals surface area contributed by atoms with Gasteiger partial charge in [-0.15, -0.1) is 0 Å². The Bertz CT molecular complexity index is 369. The first-order chi connectivity index (χ1) is 6.70. The summed E-state index contributed by atoms with van der Waals surface area (Å²) < 4.78 is 0. The van der Waals surface area contributed by atoms with E-state index in [0.29, 0.717) is 12.0 Å². The first kappa shape index (κ1) is 8.94. The molecule has 0 radical (unpaired) electrons.